The zero-order valence-electron chi connectivity index (χ0n) is 9.70. The van der Waals surface area contributed by atoms with Crippen molar-refractivity contribution in [3.05, 3.63) is 35.0 Å². The lowest BCUT2D eigenvalue weighted by Crippen LogP contribution is -2.02. The highest BCUT2D eigenvalue weighted by Crippen LogP contribution is 2.27. The second kappa shape index (κ2) is 4.48. The summed E-state index contributed by atoms with van der Waals surface area (Å²) >= 11 is 6.04. The Hall–Kier alpha value is -0.990. The van der Waals surface area contributed by atoms with Crippen LogP contribution in [-0.4, -0.2) is 11.1 Å². The number of halogens is 1. The van der Waals surface area contributed by atoms with Crippen LogP contribution in [-0.2, 0) is 6.42 Å². The molecule has 2 N–H and O–H groups in total. The monoisotopic (exact) mass is 236 g/mol. The minimum absolute atomic E-state index is 0.454. The molecular weight excluding hydrogens is 220 g/mol. The predicted molar refractivity (Wildman–Crippen MR) is 70.1 cm³/mol. The molecule has 3 heteroatoms. The van der Waals surface area contributed by atoms with Crippen molar-refractivity contribution in [2.24, 2.45) is 5.73 Å². The first kappa shape index (κ1) is 11.5. The van der Waals surface area contributed by atoms with Crippen LogP contribution >= 0.6 is 11.6 Å². The van der Waals surface area contributed by atoms with Crippen LogP contribution in [0, 0.1) is 0 Å². The number of nitrogens with zero attached hydrogens (tertiary/aromatic N) is 1. The third-order valence-corrected chi connectivity index (χ3v) is 3.08. The Morgan fingerprint density at radius 2 is 2.12 bits per heavy atom. The summed E-state index contributed by atoms with van der Waals surface area (Å²) in [7, 11) is 0. The van der Waals surface area contributed by atoms with Crippen molar-refractivity contribution in [2.45, 2.75) is 26.3 Å². The van der Waals surface area contributed by atoms with Crippen LogP contribution in [0.15, 0.2) is 24.4 Å². The third kappa shape index (κ3) is 1.95. The van der Waals surface area contributed by atoms with Crippen molar-refractivity contribution in [1.82, 2.24) is 4.57 Å². The Labute approximate surface area is 101 Å². The smallest absolute Gasteiger partial charge is 0.0486 e. The van der Waals surface area contributed by atoms with E-state index in [1.807, 2.05) is 12.1 Å². The van der Waals surface area contributed by atoms with E-state index >= 15 is 0 Å². The van der Waals surface area contributed by atoms with Crippen LogP contribution in [0.4, 0.5) is 0 Å². The molecule has 0 saturated carbocycles. The maximum absolute atomic E-state index is 6.04. The lowest BCUT2D eigenvalue weighted by molar-refractivity contribution is 0.621. The van der Waals surface area contributed by atoms with Crippen LogP contribution in [0.5, 0.6) is 0 Å². The van der Waals surface area contributed by atoms with E-state index in [1.165, 1.54) is 16.5 Å². The largest absolute Gasteiger partial charge is 0.345 e. The normalized spacial score (nSPS) is 11.6. The van der Waals surface area contributed by atoms with E-state index in [0.717, 1.165) is 11.4 Å². The van der Waals surface area contributed by atoms with Crippen molar-refractivity contribution in [1.29, 1.82) is 0 Å². The van der Waals surface area contributed by atoms with Crippen molar-refractivity contribution in [3.63, 3.8) is 0 Å². The summed E-state index contributed by atoms with van der Waals surface area (Å²) in [5, 5.41) is 2.01. The van der Waals surface area contributed by atoms with Gasteiger partial charge >= 0.3 is 0 Å². The molecule has 0 fully saturated rings. The van der Waals surface area contributed by atoms with Gasteiger partial charge in [-0.15, -0.1) is 0 Å². The molecule has 16 heavy (non-hydrogen) atoms. The molecule has 1 aromatic heterocycles. The van der Waals surface area contributed by atoms with Crippen LogP contribution in [0.2, 0.25) is 5.02 Å². The van der Waals surface area contributed by atoms with Gasteiger partial charge in [-0.05, 0) is 50.6 Å². The van der Waals surface area contributed by atoms with E-state index in [0.29, 0.717) is 12.6 Å². The number of benzene rings is 1. The average Bonchev–Trinajstić information content (AvgIpc) is 2.58. The first-order valence-electron chi connectivity index (χ1n) is 5.62. The van der Waals surface area contributed by atoms with E-state index in [-0.39, 0.29) is 0 Å². The summed E-state index contributed by atoms with van der Waals surface area (Å²) in [6.45, 7) is 5.03. The van der Waals surface area contributed by atoms with Gasteiger partial charge in [0.15, 0.2) is 0 Å². The van der Waals surface area contributed by atoms with Gasteiger partial charge in [0, 0.05) is 28.2 Å². The van der Waals surface area contributed by atoms with Gasteiger partial charge in [0.1, 0.15) is 0 Å². The van der Waals surface area contributed by atoms with Crippen LogP contribution in [0.1, 0.15) is 25.5 Å². The Balaban J connectivity index is 2.66. The van der Waals surface area contributed by atoms with Gasteiger partial charge in [-0.25, -0.2) is 0 Å². The second-order valence-electron chi connectivity index (χ2n) is 4.36. The van der Waals surface area contributed by atoms with Crippen molar-refractivity contribution in [2.75, 3.05) is 6.54 Å². The molecule has 1 heterocycles. The first-order valence-corrected chi connectivity index (χ1v) is 6.00. The maximum atomic E-state index is 6.04. The Kier molecular flexibility index (Phi) is 3.22. The number of fused-ring (bicyclic) bond motifs is 1. The molecule has 0 aliphatic rings. The summed E-state index contributed by atoms with van der Waals surface area (Å²) in [4.78, 5) is 0. The first-order chi connectivity index (χ1) is 7.63. The molecule has 0 saturated heterocycles. The van der Waals surface area contributed by atoms with Crippen LogP contribution < -0.4 is 5.73 Å². The molecule has 86 valence electrons. The van der Waals surface area contributed by atoms with Crippen molar-refractivity contribution in [3.8, 4) is 0 Å². The fourth-order valence-corrected chi connectivity index (χ4v) is 2.25. The van der Waals surface area contributed by atoms with E-state index in [4.69, 9.17) is 17.3 Å². The topological polar surface area (TPSA) is 30.9 Å². The van der Waals surface area contributed by atoms with Crippen LogP contribution in [0.25, 0.3) is 10.9 Å². The molecule has 0 unspecified atom stereocenters. The summed E-state index contributed by atoms with van der Waals surface area (Å²) in [6, 6.07) is 6.50. The van der Waals surface area contributed by atoms with Gasteiger partial charge in [0.2, 0.25) is 0 Å². The highest BCUT2D eigenvalue weighted by molar-refractivity contribution is 6.31. The molecule has 0 spiro atoms. The van der Waals surface area contributed by atoms with Gasteiger partial charge in [-0.3, -0.25) is 0 Å². The van der Waals surface area contributed by atoms with Crippen molar-refractivity contribution >= 4 is 22.5 Å². The summed E-state index contributed by atoms with van der Waals surface area (Å²) in [5.41, 5.74) is 8.16. The van der Waals surface area contributed by atoms with Gasteiger partial charge < -0.3 is 10.3 Å². The fourth-order valence-electron chi connectivity index (χ4n) is 2.08. The molecule has 0 amide bonds. The summed E-state index contributed by atoms with van der Waals surface area (Å²) in [5.74, 6) is 0. The quantitative estimate of drug-likeness (QED) is 0.870. The van der Waals surface area contributed by atoms with Gasteiger partial charge in [-0.2, -0.15) is 0 Å². The number of aromatic nitrogens is 1. The van der Waals surface area contributed by atoms with E-state index < -0.39 is 0 Å². The molecule has 0 aliphatic carbocycles. The van der Waals surface area contributed by atoms with E-state index in [9.17, 15) is 0 Å². The minimum atomic E-state index is 0.454. The SMILES string of the molecule is CC(C)n1cc(CCN)c2cc(Cl)ccc21. The summed E-state index contributed by atoms with van der Waals surface area (Å²) in [6.07, 6.45) is 3.09. The average molecular weight is 237 g/mol. The lowest BCUT2D eigenvalue weighted by atomic mass is 10.1. The fraction of sp³-hybridized carbons (Fsp3) is 0.385. The molecule has 0 atom stereocenters. The van der Waals surface area contributed by atoms with E-state index in [1.54, 1.807) is 0 Å². The molecule has 0 aliphatic heterocycles. The number of hydrogen-bond acceptors (Lipinski definition) is 1. The third-order valence-electron chi connectivity index (χ3n) is 2.85. The molecular formula is C13H17ClN2. The number of rotatable bonds is 3. The van der Waals surface area contributed by atoms with Gasteiger partial charge in [0.05, 0.1) is 0 Å². The second-order valence-corrected chi connectivity index (χ2v) is 4.79. The zero-order chi connectivity index (χ0) is 11.7. The molecule has 0 bridgehead atoms. The molecule has 0 radical (unpaired) electrons. The highest BCUT2D eigenvalue weighted by atomic mass is 35.5. The van der Waals surface area contributed by atoms with Gasteiger partial charge in [0.25, 0.3) is 0 Å². The predicted octanol–water partition coefficient (Wildman–Crippen LogP) is 3.38. The Bertz CT molecular complexity index is 500. The van der Waals surface area contributed by atoms with E-state index in [2.05, 4.69) is 30.7 Å². The lowest BCUT2D eigenvalue weighted by Gasteiger charge is -2.08. The number of nitrogens with two attached hydrogens (primary N) is 1. The number of hydrogen-bond donors (Lipinski definition) is 1. The molecule has 2 aromatic rings. The highest BCUT2D eigenvalue weighted by Gasteiger charge is 2.10. The summed E-state index contributed by atoms with van der Waals surface area (Å²) < 4.78 is 2.27. The van der Waals surface area contributed by atoms with Crippen LogP contribution in [0.3, 0.4) is 0 Å². The minimum Gasteiger partial charge on any atom is -0.345 e. The molecule has 2 rings (SSSR count). The van der Waals surface area contributed by atoms with Crippen molar-refractivity contribution < 1.29 is 0 Å². The molecule has 1 aromatic carbocycles. The maximum Gasteiger partial charge on any atom is 0.0486 e. The zero-order valence-corrected chi connectivity index (χ0v) is 10.5. The Morgan fingerprint density at radius 3 is 2.75 bits per heavy atom. The standard InChI is InChI=1S/C13H17ClN2/c1-9(2)16-8-10(5-6-15)12-7-11(14)3-4-13(12)16/h3-4,7-9H,5-6,15H2,1-2H3. The Morgan fingerprint density at radius 1 is 1.38 bits per heavy atom. The van der Waals surface area contributed by atoms with Gasteiger partial charge in [-0.1, -0.05) is 11.6 Å². The molecule has 2 nitrogen and oxygen atoms in total.